The molecule has 0 saturated heterocycles. The lowest BCUT2D eigenvalue weighted by atomic mass is 10.1. The molecule has 0 aliphatic carbocycles. The highest BCUT2D eigenvalue weighted by atomic mass is 35.5. The highest BCUT2D eigenvalue weighted by Crippen LogP contribution is 2.21. The lowest BCUT2D eigenvalue weighted by Crippen LogP contribution is -1.97. The van der Waals surface area contributed by atoms with Gasteiger partial charge in [-0.15, -0.1) is 0 Å². The van der Waals surface area contributed by atoms with Crippen LogP contribution in [0.15, 0.2) is 30.4 Å². The zero-order valence-corrected chi connectivity index (χ0v) is 8.92. The predicted octanol–water partition coefficient (Wildman–Crippen LogP) is 2.82. The molecule has 0 amide bonds. The van der Waals surface area contributed by atoms with Gasteiger partial charge in [0.15, 0.2) is 5.78 Å². The lowest BCUT2D eigenvalue weighted by Gasteiger charge is -1.99. The van der Waals surface area contributed by atoms with Crippen LogP contribution in [-0.2, 0) is 4.79 Å². The molecule has 78 valence electrons. The molecule has 1 aromatic rings. The smallest absolute Gasteiger partial charge is 0.328 e. The third kappa shape index (κ3) is 3.38. The number of hydrogen-bond donors (Lipinski definition) is 1. The highest BCUT2D eigenvalue weighted by molar-refractivity contribution is 6.36. The minimum Gasteiger partial charge on any atom is -0.478 e. The standard InChI is InChI=1S/C10H6Cl2O3/c11-6-1-2-8(12)7(5-6)9(13)3-4-10(14)15/h1-5H,(H,14,15)/b4-3+. The Morgan fingerprint density at radius 2 is 1.87 bits per heavy atom. The van der Waals surface area contributed by atoms with Gasteiger partial charge >= 0.3 is 5.97 Å². The summed E-state index contributed by atoms with van der Waals surface area (Å²) in [5.74, 6) is -1.69. The number of ketones is 1. The zero-order chi connectivity index (χ0) is 11.4. The highest BCUT2D eigenvalue weighted by Gasteiger charge is 2.08. The van der Waals surface area contributed by atoms with Gasteiger partial charge in [0, 0.05) is 16.7 Å². The van der Waals surface area contributed by atoms with Crippen molar-refractivity contribution in [3.8, 4) is 0 Å². The first kappa shape index (κ1) is 11.8. The van der Waals surface area contributed by atoms with E-state index in [9.17, 15) is 9.59 Å². The van der Waals surface area contributed by atoms with Gasteiger partial charge in [-0.05, 0) is 24.3 Å². The first-order chi connectivity index (χ1) is 7.00. The summed E-state index contributed by atoms with van der Waals surface area (Å²) in [6, 6.07) is 4.41. The Morgan fingerprint density at radius 3 is 2.47 bits per heavy atom. The summed E-state index contributed by atoms with van der Waals surface area (Å²) in [5, 5.41) is 8.94. The fourth-order valence-corrected chi connectivity index (χ4v) is 1.31. The molecule has 0 heterocycles. The quantitative estimate of drug-likeness (QED) is 0.658. The maximum Gasteiger partial charge on any atom is 0.328 e. The minimum absolute atomic E-state index is 0.182. The van der Waals surface area contributed by atoms with Crippen molar-refractivity contribution in [2.24, 2.45) is 0 Å². The Balaban J connectivity index is 3.01. The monoisotopic (exact) mass is 244 g/mol. The number of hydrogen-bond acceptors (Lipinski definition) is 2. The second-order valence-corrected chi connectivity index (χ2v) is 3.50. The van der Waals surface area contributed by atoms with E-state index in [0.717, 1.165) is 12.2 Å². The molecule has 0 saturated carbocycles. The van der Waals surface area contributed by atoms with E-state index in [1.807, 2.05) is 0 Å². The molecule has 0 atom stereocenters. The summed E-state index contributed by atoms with van der Waals surface area (Å²) in [4.78, 5) is 21.6. The van der Waals surface area contributed by atoms with Gasteiger partial charge in [0.25, 0.3) is 0 Å². The summed E-state index contributed by atoms with van der Waals surface area (Å²) < 4.78 is 0. The molecule has 1 N–H and O–H groups in total. The van der Waals surface area contributed by atoms with Crippen molar-refractivity contribution in [3.63, 3.8) is 0 Å². The Bertz CT molecular complexity index is 438. The average molecular weight is 245 g/mol. The fraction of sp³-hybridized carbons (Fsp3) is 0. The fourth-order valence-electron chi connectivity index (χ4n) is 0.923. The van der Waals surface area contributed by atoms with Gasteiger partial charge in [0.05, 0.1) is 5.02 Å². The molecule has 0 aromatic heterocycles. The molecule has 0 unspecified atom stereocenters. The van der Waals surface area contributed by atoms with Crippen molar-refractivity contribution in [3.05, 3.63) is 46.0 Å². The van der Waals surface area contributed by atoms with Crippen LogP contribution in [0, 0.1) is 0 Å². The normalized spacial score (nSPS) is 10.5. The second kappa shape index (κ2) is 4.96. The van der Waals surface area contributed by atoms with E-state index < -0.39 is 11.8 Å². The molecule has 15 heavy (non-hydrogen) atoms. The van der Waals surface area contributed by atoms with E-state index in [2.05, 4.69) is 0 Å². The van der Waals surface area contributed by atoms with Crippen molar-refractivity contribution in [2.45, 2.75) is 0 Å². The summed E-state index contributed by atoms with van der Waals surface area (Å²) in [5.41, 5.74) is 0.182. The number of allylic oxidation sites excluding steroid dienone is 1. The van der Waals surface area contributed by atoms with Gasteiger partial charge in [-0.25, -0.2) is 4.79 Å². The number of rotatable bonds is 3. The van der Waals surface area contributed by atoms with Gasteiger partial charge in [-0.3, -0.25) is 4.79 Å². The first-order valence-corrected chi connectivity index (χ1v) is 4.66. The minimum atomic E-state index is -1.19. The van der Waals surface area contributed by atoms with Crippen LogP contribution in [0.4, 0.5) is 0 Å². The molecule has 0 aliphatic rings. The zero-order valence-electron chi connectivity index (χ0n) is 7.41. The van der Waals surface area contributed by atoms with Crippen LogP contribution >= 0.6 is 23.2 Å². The Kier molecular flexibility index (Phi) is 3.88. The van der Waals surface area contributed by atoms with Crippen LogP contribution < -0.4 is 0 Å². The SMILES string of the molecule is O=C(O)/C=C/C(=O)c1cc(Cl)ccc1Cl. The van der Waals surface area contributed by atoms with E-state index in [4.69, 9.17) is 28.3 Å². The molecule has 1 aromatic carbocycles. The van der Waals surface area contributed by atoms with E-state index in [1.165, 1.54) is 12.1 Å². The number of carboxylic acids is 1. The number of carbonyl (C=O) groups is 2. The molecule has 3 nitrogen and oxygen atoms in total. The number of aliphatic carboxylic acids is 1. The van der Waals surface area contributed by atoms with Crippen LogP contribution in [0.3, 0.4) is 0 Å². The molecule has 5 heteroatoms. The van der Waals surface area contributed by atoms with Crippen LogP contribution in [0.5, 0.6) is 0 Å². The molecule has 0 radical (unpaired) electrons. The molecule has 0 spiro atoms. The van der Waals surface area contributed by atoms with E-state index >= 15 is 0 Å². The van der Waals surface area contributed by atoms with Gasteiger partial charge in [-0.2, -0.15) is 0 Å². The van der Waals surface area contributed by atoms with Gasteiger partial charge < -0.3 is 5.11 Å². The van der Waals surface area contributed by atoms with Crippen LogP contribution in [0.25, 0.3) is 0 Å². The van der Waals surface area contributed by atoms with Crippen molar-refractivity contribution >= 4 is 35.0 Å². The number of carboxylic acid groups (broad SMARTS) is 1. The Hall–Kier alpha value is -1.32. The van der Waals surface area contributed by atoms with Gasteiger partial charge in [0.2, 0.25) is 0 Å². The molecular weight excluding hydrogens is 239 g/mol. The lowest BCUT2D eigenvalue weighted by molar-refractivity contribution is -0.131. The first-order valence-electron chi connectivity index (χ1n) is 3.91. The van der Waals surface area contributed by atoms with Crippen molar-refractivity contribution in [1.82, 2.24) is 0 Å². The molecule has 0 fully saturated rings. The summed E-state index contributed by atoms with van der Waals surface area (Å²) in [6.45, 7) is 0. The third-order valence-electron chi connectivity index (χ3n) is 1.57. The van der Waals surface area contributed by atoms with E-state index in [1.54, 1.807) is 6.07 Å². The van der Waals surface area contributed by atoms with Gasteiger partial charge in [-0.1, -0.05) is 23.2 Å². The predicted molar refractivity (Wildman–Crippen MR) is 57.6 cm³/mol. The molecular formula is C10H6Cl2O3. The van der Waals surface area contributed by atoms with Crippen molar-refractivity contribution in [2.75, 3.05) is 0 Å². The molecule has 0 bridgehead atoms. The number of benzene rings is 1. The van der Waals surface area contributed by atoms with E-state index in [-0.39, 0.29) is 10.6 Å². The second-order valence-electron chi connectivity index (χ2n) is 2.66. The van der Waals surface area contributed by atoms with Crippen LogP contribution in [0.1, 0.15) is 10.4 Å². The van der Waals surface area contributed by atoms with Crippen molar-refractivity contribution < 1.29 is 14.7 Å². The summed E-state index contributed by atoms with van der Waals surface area (Å²) in [7, 11) is 0. The Labute approximate surface area is 95.9 Å². The largest absolute Gasteiger partial charge is 0.478 e. The molecule has 1 rings (SSSR count). The maximum absolute atomic E-state index is 11.4. The number of carbonyl (C=O) groups excluding carboxylic acids is 1. The van der Waals surface area contributed by atoms with Crippen LogP contribution in [0.2, 0.25) is 10.0 Å². The van der Waals surface area contributed by atoms with Crippen LogP contribution in [-0.4, -0.2) is 16.9 Å². The molecule has 0 aliphatic heterocycles. The summed E-state index contributed by atoms with van der Waals surface area (Å²) >= 11 is 11.4. The third-order valence-corrected chi connectivity index (χ3v) is 2.14. The number of halogens is 2. The topological polar surface area (TPSA) is 54.4 Å². The Morgan fingerprint density at radius 1 is 1.20 bits per heavy atom. The van der Waals surface area contributed by atoms with Crippen molar-refractivity contribution in [1.29, 1.82) is 0 Å². The maximum atomic E-state index is 11.4. The summed E-state index contributed by atoms with van der Waals surface area (Å²) in [6.07, 6.45) is 1.68. The van der Waals surface area contributed by atoms with Gasteiger partial charge in [0.1, 0.15) is 0 Å². The van der Waals surface area contributed by atoms with E-state index in [0.29, 0.717) is 5.02 Å². The average Bonchev–Trinajstić information content (AvgIpc) is 2.18.